The maximum atomic E-state index is 11.7. The number of nitrogens with zero attached hydrogens (tertiary/aromatic N) is 2. The molecule has 1 saturated heterocycles. The fourth-order valence-electron chi connectivity index (χ4n) is 2.64. The van der Waals surface area contributed by atoms with Crippen LogP contribution in [-0.4, -0.2) is 49.6 Å². The summed E-state index contributed by atoms with van der Waals surface area (Å²) in [4.78, 5) is 14.0. The van der Waals surface area contributed by atoms with Crippen LogP contribution in [0.1, 0.15) is 39.5 Å². The summed E-state index contributed by atoms with van der Waals surface area (Å²) in [6, 6.07) is 2.38. The highest BCUT2D eigenvalue weighted by Gasteiger charge is 2.28. The van der Waals surface area contributed by atoms with Crippen LogP contribution in [0, 0.1) is 17.2 Å². The molecule has 2 atom stereocenters. The molecule has 0 aliphatic carbocycles. The molecule has 0 radical (unpaired) electrons. The van der Waals surface area contributed by atoms with Crippen LogP contribution in [0.3, 0.4) is 0 Å². The molecule has 1 aliphatic heterocycles. The summed E-state index contributed by atoms with van der Waals surface area (Å²) in [6.07, 6.45) is 3.85. The second-order valence-electron chi connectivity index (χ2n) is 5.87. The van der Waals surface area contributed by atoms with Crippen molar-refractivity contribution < 1.29 is 4.79 Å². The minimum atomic E-state index is -0.462. The Morgan fingerprint density at radius 3 is 2.90 bits per heavy atom. The largest absolute Gasteiger partial charge is 0.359 e. The van der Waals surface area contributed by atoms with Gasteiger partial charge in [0.25, 0.3) is 0 Å². The zero-order valence-electron chi connectivity index (χ0n) is 13.0. The third kappa shape index (κ3) is 5.10. The Labute approximate surface area is 122 Å². The maximum Gasteiger partial charge on any atom is 0.224 e. The van der Waals surface area contributed by atoms with Gasteiger partial charge in [-0.1, -0.05) is 6.92 Å². The van der Waals surface area contributed by atoms with Crippen LogP contribution in [0.15, 0.2) is 0 Å². The van der Waals surface area contributed by atoms with Gasteiger partial charge in [-0.25, -0.2) is 0 Å². The molecule has 114 valence electrons. The average molecular weight is 280 g/mol. The summed E-state index contributed by atoms with van der Waals surface area (Å²) in [5.74, 6) is 0.243. The van der Waals surface area contributed by atoms with Crippen LogP contribution < -0.4 is 10.6 Å². The lowest BCUT2D eigenvalue weighted by molar-refractivity contribution is -0.126. The van der Waals surface area contributed by atoms with E-state index < -0.39 is 5.54 Å². The highest BCUT2D eigenvalue weighted by atomic mass is 16.1. The number of likely N-dealkylation sites (tertiary alicyclic amines) is 1. The van der Waals surface area contributed by atoms with E-state index in [1.54, 1.807) is 7.05 Å². The molecule has 2 unspecified atom stereocenters. The van der Waals surface area contributed by atoms with E-state index in [0.717, 1.165) is 51.9 Å². The number of nitriles is 1. The molecule has 0 aromatic heterocycles. The van der Waals surface area contributed by atoms with E-state index in [1.165, 1.54) is 0 Å². The molecule has 0 spiro atoms. The molecule has 5 nitrogen and oxygen atoms in total. The van der Waals surface area contributed by atoms with E-state index >= 15 is 0 Å². The van der Waals surface area contributed by atoms with Crippen molar-refractivity contribution in [1.29, 1.82) is 5.26 Å². The van der Waals surface area contributed by atoms with Gasteiger partial charge in [0.2, 0.25) is 5.91 Å². The first-order chi connectivity index (χ1) is 9.54. The highest BCUT2D eigenvalue weighted by molar-refractivity contribution is 5.78. The number of rotatable bonds is 7. The molecular weight excluding hydrogens is 252 g/mol. The highest BCUT2D eigenvalue weighted by Crippen LogP contribution is 2.18. The Hall–Kier alpha value is -1.12. The van der Waals surface area contributed by atoms with Gasteiger partial charge in [0, 0.05) is 20.1 Å². The van der Waals surface area contributed by atoms with Crippen molar-refractivity contribution in [3.63, 3.8) is 0 Å². The van der Waals surface area contributed by atoms with Crippen LogP contribution >= 0.6 is 0 Å². The molecule has 0 aromatic carbocycles. The maximum absolute atomic E-state index is 11.7. The third-order valence-corrected chi connectivity index (χ3v) is 4.06. The molecule has 1 rings (SSSR count). The Kier molecular flexibility index (Phi) is 6.97. The molecule has 0 bridgehead atoms. The summed E-state index contributed by atoms with van der Waals surface area (Å²) in [5.41, 5.74) is -0.462. The van der Waals surface area contributed by atoms with Crippen LogP contribution in [0.5, 0.6) is 0 Å². The first-order valence-electron chi connectivity index (χ1n) is 7.65. The van der Waals surface area contributed by atoms with E-state index in [4.69, 9.17) is 0 Å². The molecule has 5 heteroatoms. The number of nitrogens with one attached hydrogen (secondary N) is 2. The summed E-state index contributed by atoms with van der Waals surface area (Å²) in [6.45, 7) is 7.64. The molecular formula is C15H28N4O. The quantitative estimate of drug-likeness (QED) is 0.733. The minimum absolute atomic E-state index is 0.102. The lowest BCUT2D eigenvalue weighted by Crippen LogP contribution is -2.47. The Morgan fingerprint density at radius 2 is 2.30 bits per heavy atom. The first kappa shape index (κ1) is 16.9. The molecule has 1 amide bonds. The lowest BCUT2D eigenvalue weighted by Gasteiger charge is -2.34. The standard InChI is InChI=1S/C15H28N4O/c1-4-8-18-15(2,12-16)7-10-19-9-5-6-13(11-19)14(20)17-3/h13,18H,4-11H2,1-3H3,(H,17,20). The second kappa shape index (κ2) is 8.23. The molecule has 1 aliphatic rings. The predicted octanol–water partition coefficient (Wildman–Crippen LogP) is 1.12. The van der Waals surface area contributed by atoms with Crippen molar-refractivity contribution in [2.24, 2.45) is 5.92 Å². The monoisotopic (exact) mass is 280 g/mol. The van der Waals surface area contributed by atoms with Crippen LogP contribution in [0.2, 0.25) is 0 Å². The number of piperidine rings is 1. The molecule has 20 heavy (non-hydrogen) atoms. The van der Waals surface area contributed by atoms with Crippen molar-refractivity contribution in [2.45, 2.75) is 45.1 Å². The number of carbonyl (C=O) groups is 1. The van der Waals surface area contributed by atoms with Gasteiger partial charge in [-0.3, -0.25) is 10.1 Å². The van der Waals surface area contributed by atoms with Gasteiger partial charge in [0.05, 0.1) is 12.0 Å². The van der Waals surface area contributed by atoms with Gasteiger partial charge in [-0.05, 0) is 45.7 Å². The third-order valence-electron chi connectivity index (χ3n) is 4.06. The SMILES string of the molecule is CCCNC(C)(C#N)CCN1CCCC(C(=O)NC)C1. The van der Waals surface area contributed by atoms with Gasteiger partial charge in [0.1, 0.15) is 5.54 Å². The molecule has 0 aromatic rings. The van der Waals surface area contributed by atoms with E-state index in [9.17, 15) is 10.1 Å². The smallest absolute Gasteiger partial charge is 0.224 e. The van der Waals surface area contributed by atoms with E-state index in [1.807, 2.05) is 6.92 Å². The second-order valence-corrected chi connectivity index (χ2v) is 5.87. The number of amides is 1. The Morgan fingerprint density at radius 1 is 1.55 bits per heavy atom. The van der Waals surface area contributed by atoms with Crippen molar-refractivity contribution in [2.75, 3.05) is 33.2 Å². The molecule has 0 saturated carbocycles. The molecule has 2 N–H and O–H groups in total. The Balaban J connectivity index is 2.44. The number of hydrogen-bond acceptors (Lipinski definition) is 4. The van der Waals surface area contributed by atoms with Crippen LogP contribution in [-0.2, 0) is 4.79 Å². The van der Waals surface area contributed by atoms with Crippen LogP contribution in [0.4, 0.5) is 0 Å². The predicted molar refractivity (Wildman–Crippen MR) is 80.2 cm³/mol. The summed E-state index contributed by atoms with van der Waals surface area (Å²) >= 11 is 0. The summed E-state index contributed by atoms with van der Waals surface area (Å²) in [7, 11) is 1.70. The molecule has 1 heterocycles. The van der Waals surface area contributed by atoms with E-state index in [0.29, 0.717) is 0 Å². The lowest BCUT2D eigenvalue weighted by atomic mass is 9.95. The first-order valence-corrected chi connectivity index (χ1v) is 7.65. The van der Waals surface area contributed by atoms with Crippen molar-refractivity contribution >= 4 is 5.91 Å². The topological polar surface area (TPSA) is 68.2 Å². The normalized spacial score (nSPS) is 22.8. The molecule has 1 fully saturated rings. The fraction of sp³-hybridized carbons (Fsp3) is 0.867. The van der Waals surface area contributed by atoms with Crippen molar-refractivity contribution in [3.8, 4) is 6.07 Å². The number of carbonyl (C=O) groups excluding carboxylic acids is 1. The van der Waals surface area contributed by atoms with Crippen molar-refractivity contribution in [3.05, 3.63) is 0 Å². The van der Waals surface area contributed by atoms with E-state index in [2.05, 4.69) is 28.5 Å². The van der Waals surface area contributed by atoms with Gasteiger partial charge >= 0.3 is 0 Å². The van der Waals surface area contributed by atoms with Gasteiger partial charge in [0.15, 0.2) is 0 Å². The van der Waals surface area contributed by atoms with E-state index in [-0.39, 0.29) is 11.8 Å². The fourth-order valence-corrected chi connectivity index (χ4v) is 2.64. The zero-order valence-corrected chi connectivity index (χ0v) is 13.0. The van der Waals surface area contributed by atoms with Crippen molar-refractivity contribution in [1.82, 2.24) is 15.5 Å². The van der Waals surface area contributed by atoms with Gasteiger partial charge in [-0.15, -0.1) is 0 Å². The summed E-state index contributed by atoms with van der Waals surface area (Å²) < 4.78 is 0. The number of hydrogen-bond donors (Lipinski definition) is 2. The summed E-state index contributed by atoms with van der Waals surface area (Å²) in [5, 5.41) is 15.4. The zero-order chi connectivity index (χ0) is 15.0. The average Bonchev–Trinajstić information content (AvgIpc) is 2.50. The Bertz CT molecular complexity index is 352. The minimum Gasteiger partial charge on any atom is -0.359 e. The van der Waals surface area contributed by atoms with Gasteiger partial charge < -0.3 is 10.2 Å². The van der Waals surface area contributed by atoms with Gasteiger partial charge in [-0.2, -0.15) is 5.26 Å². The van der Waals surface area contributed by atoms with Crippen LogP contribution in [0.25, 0.3) is 0 Å².